The highest BCUT2D eigenvalue weighted by Gasteiger charge is 2.09. The molecule has 0 atom stereocenters. The molecule has 9 aromatic rings. The molecule has 60 heavy (non-hydrogen) atoms. The maximum Gasteiger partial charge on any atom is 0.0708 e. The molecule has 290 valence electrons. The van der Waals surface area contributed by atoms with Crippen molar-refractivity contribution in [1.29, 1.82) is 0 Å². The van der Waals surface area contributed by atoms with E-state index in [1.54, 1.807) is 0 Å². The highest BCUT2D eigenvalue weighted by molar-refractivity contribution is 5.73. The van der Waals surface area contributed by atoms with E-state index < -0.39 is 0 Å². The largest absolute Gasteiger partial charge is 0.256 e. The molecule has 0 radical (unpaired) electrons. The summed E-state index contributed by atoms with van der Waals surface area (Å²) in [5, 5.41) is 0. The van der Waals surface area contributed by atoms with E-state index in [0.717, 1.165) is 72.3 Å². The lowest BCUT2D eigenvalue weighted by Crippen LogP contribution is -2.00. The Morgan fingerprint density at radius 2 is 0.567 bits per heavy atom. The van der Waals surface area contributed by atoms with E-state index >= 15 is 0 Å². The van der Waals surface area contributed by atoms with E-state index in [1.165, 1.54) is 55.6 Å². The molecule has 0 N–H and O–H groups in total. The molecule has 0 bridgehead atoms. The monoisotopic (exact) mass is 773 g/mol. The van der Waals surface area contributed by atoms with Crippen molar-refractivity contribution in [2.75, 3.05) is 0 Å². The van der Waals surface area contributed by atoms with Crippen LogP contribution in [0.5, 0.6) is 0 Å². The molecule has 0 saturated carbocycles. The van der Waals surface area contributed by atoms with Gasteiger partial charge in [0.25, 0.3) is 0 Å². The number of aromatic nitrogens is 3. The van der Waals surface area contributed by atoms with Crippen molar-refractivity contribution in [3.05, 3.63) is 246 Å². The minimum atomic E-state index is 0.981. The summed E-state index contributed by atoms with van der Waals surface area (Å²) in [5.41, 5.74) is 19.5. The Balaban J connectivity index is 0.879. The molecule has 0 spiro atoms. The van der Waals surface area contributed by atoms with Crippen LogP contribution in [0.25, 0.3) is 56.0 Å². The molecule has 3 heterocycles. The van der Waals surface area contributed by atoms with Gasteiger partial charge < -0.3 is 0 Å². The Bertz CT molecular complexity index is 2640. The molecular formula is C57H47N3. The van der Waals surface area contributed by atoms with Gasteiger partial charge in [-0.25, -0.2) is 0 Å². The number of hydrogen-bond donors (Lipinski definition) is 0. The highest BCUT2D eigenvalue weighted by Crippen LogP contribution is 2.28. The van der Waals surface area contributed by atoms with Gasteiger partial charge in [-0.1, -0.05) is 158 Å². The predicted octanol–water partition coefficient (Wildman–Crippen LogP) is 13.6. The van der Waals surface area contributed by atoms with Gasteiger partial charge in [-0.3, -0.25) is 15.0 Å². The van der Waals surface area contributed by atoms with Gasteiger partial charge in [0.15, 0.2) is 0 Å². The predicted molar refractivity (Wildman–Crippen MR) is 249 cm³/mol. The van der Waals surface area contributed by atoms with Gasteiger partial charge in [0.2, 0.25) is 0 Å². The number of aryl methyl sites for hydroxylation is 6. The van der Waals surface area contributed by atoms with Gasteiger partial charge >= 0.3 is 0 Å². The topological polar surface area (TPSA) is 38.7 Å². The van der Waals surface area contributed by atoms with Gasteiger partial charge in [0.05, 0.1) is 17.1 Å². The molecule has 0 amide bonds. The lowest BCUT2D eigenvalue weighted by molar-refractivity contribution is 0.903. The van der Waals surface area contributed by atoms with Gasteiger partial charge in [0, 0.05) is 35.3 Å². The summed E-state index contributed by atoms with van der Waals surface area (Å²) in [5.74, 6) is 0. The first kappa shape index (κ1) is 38.3. The Morgan fingerprint density at radius 1 is 0.217 bits per heavy atom. The van der Waals surface area contributed by atoms with Crippen LogP contribution in [-0.4, -0.2) is 15.0 Å². The summed E-state index contributed by atoms with van der Waals surface area (Å²) in [6.07, 6.45) is 11.6. The first-order chi connectivity index (χ1) is 29.7. The second-order valence-electron chi connectivity index (χ2n) is 15.6. The van der Waals surface area contributed by atoms with Crippen molar-refractivity contribution >= 4 is 0 Å². The molecule has 0 fully saturated rings. The van der Waals surface area contributed by atoms with Gasteiger partial charge in [-0.05, 0) is 131 Å². The van der Waals surface area contributed by atoms with Crippen molar-refractivity contribution in [3.8, 4) is 56.0 Å². The zero-order valence-corrected chi connectivity index (χ0v) is 33.8. The average Bonchev–Trinajstić information content (AvgIpc) is 3.33. The normalized spacial score (nSPS) is 11.1. The fourth-order valence-corrected chi connectivity index (χ4v) is 7.99. The standard InChI is InChI=1S/C57H47N3/c1-2-8-48(9-3-1)49-30-32-50(33-31-49)54-34-37-60-57(41-54)53-28-22-44(23-29-53)14-17-47-39-45(15-12-42-18-24-51(25-19-42)55-10-4-6-35-58-55)38-46(40-47)16-13-43-20-26-52(27-21-43)56-11-5-7-36-59-56/h1-11,18-41H,12-17H2. The van der Waals surface area contributed by atoms with E-state index in [-0.39, 0.29) is 0 Å². The smallest absolute Gasteiger partial charge is 0.0708 e. The summed E-state index contributed by atoms with van der Waals surface area (Å²) in [7, 11) is 0. The van der Waals surface area contributed by atoms with Crippen LogP contribution in [0.3, 0.4) is 0 Å². The van der Waals surface area contributed by atoms with Crippen molar-refractivity contribution in [3.63, 3.8) is 0 Å². The Labute approximate surface area is 354 Å². The highest BCUT2D eigenvalue weighted by atomic mass is 14.7. The fourth-order valence-electron chi connectivity index (χ4n) is 7.99. The molecule has 3 nitrogen and oxygen atoms in total. The van der Waals surface area contributed by atoms with Crippen LogP contribution in [-0.2, 0) is 38.5 Å². The second-order valence-corrected chi connectivity index (χ2v) is 15.6. The molecule has 3 aromatic heterocycles. The van der Waals surface area contributed by atoms with Crippen LogP contribution in [0.15, 0.2) is 213 Å². The molecule has 0 aliphatic heterocycles. The maximum atomic E-state index is 4.75. The number of rotatable bonds is 14. The lowest BCUT2D eigenvalue weighted by Gasteiger charge is -2.12. The molecule has 3 heteroatoms. The van der Waals surface area contributed by atoms with Crippen molar-refractivity contribution in [2.24, 2.45) is 0 Å². The summed E-state index contributed by atoms with van der Waals surface area (Å²) >= 11 is 0. The SMILES string of the molecule is c1ccc(-c2ccc(-c3ccnc(-c4ccc(CCc5cc(CCc6ccc(-c7ccccn7)cc6)cc(CCc6ccc(-c7ccccn7)cc6)c5)cc4)c3)cc2)cc1. The third kappa shape index (κ3) is 9.72. The second kappa shape index (κ2) is 18.6. The molecule has 6 aromatic carbocycles. The number of pyridine rings is 3. The third-order valence-corrected chi connectivity index (χ3v) is 11.4. The summed E-state index contributed by atoms with van der Waals surface area (Å²) in [6, 6.07) is 69.8. The quantitative estimate of drug-likeness (QED) is 0.110. The molecule has 0 aliphatic rings. The molecule has 0 saturated heterocycles. The van der Waals surface area contributed by atoms with Crippen LogP contribution in [0.1, 0.15) is 33.4 Å². The van der Waals surface area contributed by atoms with E-state index in [0.29, 0.717) is 0 Å². The summed E-state index contributed by atoms with van der Waals surface area (Å²) < 4.78 is 0. The van der Waals surface area contributed by atoms with E-state index in [2.05, 4.69) is 180 Å². The lowest BCUT2D eigenvalue weighted by atomic mass is 9.94. The van der Waals surface area contributed by atoms with Crippen LogP contribution >= 0.6 is 0 Å². The Morgan fingerprint density at radius 3 is 1.00 bits per heavy atom. The average molecular weight is 774 g/mol. The minimum absolute atomic E-state index is 0.981. The maximum absolute atomic E-state index is 4.75. The van der Waals surface area contributed by atoms with E-state index in [1.807, 2.05) is 42.9 Å². The van der Waals surface area contributed by atoms with Crippen molar-refractivity contribution in [2.45, 2.75) is 38.5 Å². The molecular weight excluding hydrogens is 727 g/mol. The summed E-state index contributed by atoms with van der Waals surface area (Å²) in [4.78, 5) is 13.8. The zero-order chi connectivity index (χ0) is 40.4. The van der Waals surface area contributed by atoms with Crippen LogP contribution < -0.4 is 0 Å². The first-order valence-corrected chi connectivity index (χ1v) is 21.0. The number of nitrogens with zero attached hydrogens (tertiary/aromatic N) is 3. The fraction of sp³-hybridized carbons (Fsp3) is 0.105. The Hall–Kier alpha value is -7.23. The van der Waals surface area contributed by atoms with E-state index in [4.69, 9.17) is 4.98 Å². The van der Waals surface area contributed by atoms with E-state index in [9.17, 15) is 0 Å². The van der Waals surface area contributed by atoms with Crippen molar-refractivity contribution < 1.29 is 0 Å². The van der Waals surface area contributed by atoms with Gasteiger partial charge in [-0.2, -0.15) is 0 Å². The number of hydrogen-bond acceptors (Lipinski definition) is 3. The van der Waals surface area contributed by atoms with Crippen LogP contribution in [0.2, 0.25) is 0 Å². The Kier molecular flexibility index (Phi) is 11.9. The molecule has 0 unspecified atom stereocenters. The molecule has 9 rings (SSSR count). The van der Waals surface area contributed by atoms with Gasteiger partial charge in [-0.15, -0.1) is 0 Å². The van der Waals surface area contributed by atoms with Crippen LogP contribution in [0, 0.1) is 0 Å². The van der Waals surface area contributed by atoms with Crippen LogP contribution in [0.4, 0.5) is 0 Å². The minimum Gasteiger partial charge on any atom is -0.256 e. The molecule has 0 aliphatic carbocycles. The number of benzene rings is 6. The zero-order valence-electron chi connectivity index (χ0n) is 33.8. The summed E-state index contributed by atoms with van der Waals surface area (Å²) in [6.45, 7) is 0. The van der Waals surface area contributed by atoms with Crippen molar-refractivity contribution in [1.82, 2.24) is 15.0 Å². The third-order valence-electron chi connectivity index (χ3n) is 11.4. The van der Waals surface area contributed by atoms with Gasteiger partial charge in [0.1, 0.15) is 0 Å². The first-order valence-electron chi connectivity index (χ1n) is 21.0.